The fourth-order valence-corrected chi connectivity index (χ4v) is 3.16. The van der Waals surface area contributed by atoms with E-state index in [0.29, 0.717) is 16.9 Å². The lowest BCUT2D eigenvalue weighted by atomic mass is 9.89. The maximum absolute atomic E-state index is 12.2. The molecule has 0 bridgehead atoms. The molecule has 0 amide bonds. The largest absolute Gasteiger partial charge is 0.382 e. The topological polar surface area (TPSA) is 46.9 Å². The lowest BCUT2D eigenvalue weighted by Crippen LogP contribution is -2.27. The molecule has 1 aliphatic rings. The van der Waals surface area contributed by atoms with E-state index in [1.807, 2.05) is 0 Å². The van der Waals surface area contributed by atoms with Crippen molar-refractivity contribution in [2.45, 2.75) is 52.5 Å². The summed E-state index contributed by atoms with van der Waals surface area (Å²) in [5.41, 5.74) is 0.771. The van der Waals surface area contributed by atoms with E-state index in [-0.39, 0.29) is 5.56 Å². The Morgan fingerprint density at radius 1 is 1.40 bits per heavy atom. The first-order chi connectivity index (χ1) is 9.58. The second-order valence-electron chi connectivity index (χ2n) is 6.14. The Balaban J connectivity index is 2.01. The highest BCUT2D eigenvalue weighted by Gasteiger charge is 2.15. The summed E-state index contributed by atoms with van der Waals surface area (Å²) in [5.74, 6) is 1.14. The van der Waals surface area contributed by atoms with Gasteiger partial charge in [-0.05, 0) is 40.6 Å². The van der Waals surface area contributed by atoms with Crippen molar-refractivity contribution in [2.75, 3.05) is 11.9 Å². The Bertz CT molecular complexity index is 492. The first-order valence-corrected chi connectivity index (χ1v) is 8.36. The third-order valence-corrected chi connectivity index (χ3v) is 4.60. The van der Waals surface area contributed by atoms with Crippen LogP contribution >= 0.6 is 15.9 Å². The smallest absolute Gasteiger partial charge is 0.283 e. The van der Waals surface area contributed by atoms with E-state index in [2.05, 4.69) is 40.2 Å². The molecular weight excluding hydrogens is 318 g/mol. The molecule has 2 rings (SSSR count). The van der Waals surface area contributed by atoms with Crippen LogP contribution in [0.25, 0.3) is 0 Å². The molecule has 0 aliphatic heterocycles. The Morgan fingerprint density at radius 2 is 2.10 bits per heavy atom. The number of halogens is 1. The Morgan fingerprint density at radius 3 is 2.75 bits per heavy atom. The van der Waals surface area contributed by atoms with E-state index in [4.69, 9.17) is 0 Å². The van der Waals surface area contributed by atoms with Gasteiger partial charge in [0.05, 0.1) is 11.9 Å². The molecule has 1 saturated carbocycles. The van der Waals surface area contributed by atoms with E-state index in [0.717, 1.165) is 18.2 Å². The summed E-state index contributed by atoms with van der Waals surface area (Å²) < 4.78 is 2.13. The number of rotatable bonds is 5. The van der Waals surface area contributed by atoms with Gasteiger partial charge in [-0.25, -0.2) is 4.68 Å². The van der Waals surface area contributed by atoms with Crippen molar-refractivity contribution in [1.82, 2.24) is 9.78 Å². The molecule has 20 heavy (non-hydrogen) atoms. The van der Waals surface area contributed by atoms with Gasteiger partial charge in [-0.1, -0.05) is 33.1 Å². The van der Waals surface area contributed by atoms with Crippen molar-refractivity contribution in [1.29, 1.82) is 0 Å². The minimum Gasteiger partial charge on any atom is -0.382 e. The molecule has 0 spiro atoms. The zero-order chi connectivity index (χ0) is 14.5. The highest BCUT2D eigenvalue weighted by molar-refractivity contribution is 9.10. The van der Waals surface area contributed by atoms with Gasteiger partial charge in [0.2, 0.25) is 0 Å². The molecule has 0 aromatic carbocycles. The van der Waals surface area contributed by atoms with Crippen molar-refractivity contribution in [3.05, 3.63) is 21.0 Å². The van der Waals surface area contributed by atoms with E-state index < -0.39 is 0 Å². The van der Waals surface area contributed by atoms with Gasteiger partial charge < -0.3 is 5.32 Å². The number of anilines is 1. The summed E-state index contributed by atoms with van der Waals surface area (Å²) in [7, 11) is 0. The fraction of sp³-hybridized carbons (Fsp3) is 0.733. The third kappa shape index (κ3) is 4.08. The molecule has 1 aliphatic carbocycles. The molecular formula is C15H24BrN3O. The molecule has 112 valence electrons. The van der Waals surface area contributed by atoms with Crippen molar-refractivity contribution in [2.24, 2.45) is 11.8 Å². The number of aromatic nitrogens is 2. The molecule has 4 nitrogen and oxygen atoms in total. The highest BCUT2D eigenvalue weighted by Crippen LogP contribution is 2.25. The second-order valence-corrected chi connectivity index (χ2v) is 6.93. The van der Waals surface area contributed by atoms with Crippen LogP contribution in [0, 0.1) is 11.8 Å². The van der Waals surface area contributed by atoms with E-state index in [1.165, 1.54) is 36.8 Å². The number of hydrogen-bond acceptors (Lipinski definition) is 3. The van der Waals surface area contributed by atoms with Gasteiger partial charge in [0.15, 0.2) is 0 Å². The minimum atomic E-state index is -0.0488. The summed E-state index contributed by atoms with van der Waals surface area (Å²) in [6.45, 7) is 5.75. The summed E-state index contributed by atoms with van der Waals surface area (Å²) >= 11 is 3.41. The molecule has 1 heterocycles. The lowest BCUT2D eigenvalue weighted by Gasteiger charge is -2.22. The van der Waals surface area contributed by atoms with Crippen LogP contribution in [0.15, 0.2) is 15.5 Å². The van der Waals surface area contributed by atoms with Gasteiger partial charge in [0, 0.05) is 13.1 Å². The summed E-state index contributed by atoms with van der Waals surface area (Å²) in [4.78, 5) is 12.2. The number of nitrogens with one attached hydrogen (secondary N) is 1. The van der Waals surface area contributed by atoms with Gasteiger partial charge in [0.1, 0.15) is 4.47 Å². The molecule has 0 radical (unpaired) electrons. The van der Waals surface area contributed by atoms with Crippen molar-refractivity contribution in [3.63, 3.8) is 0 Å². The first-order valence-electron chi connectivity index (χ1n) is 7.57. The molecule has 0 unspecified atom stereocenters. The quantitative estimate of drug-likeness (QED) is 0.888. The molecule has 5 heteroatoms. The van der Waals surface area contributed by atoms with Crippen molar-refractivity contribution < 1.29 is 0 Å². The van der Waals surface area contributed by atoms with Gasteiger partial charge >= 0.3 is 0 Å². The normalized spacial score (nSPS) is 16.6. The maximum Gasteiger partial charge on any atom is 0.283 e. The lowest BCUT2D eigenvalue weighted by molar-refractivity contribution is 0.373. The Labute approximate surface area is 129 Å². The van der Waals surface area contributed by atoms with Crippen LogP contribution in [0.5, 0.6) is 0 Å². The first kappa shape index (κ1) is 15.5. The van der Waals surface area contributed by atoms with Crippen LogP contribution in [0.1, 0.15) is 46.0 Å². The van der Waals surface area contributed by atoms with E-state index in [1.54, 1.807) is 6.20 Å². The van der Waals surface area contributed by atoms with Crippen molar-refractivity contribution in [3.8, 4) is 0 Å². The zero-order valence-electron chi connectivity index (χ0n) is 12.4. The zero-order valence-corrected chi connectivity index (χ0v) is 13.9. The highest BCUT2D eigenvalue weighted by atomic mass is 79.9. The van der Waals surface area contributed by atoms with E-state index in [9.17, 15) is 4.79 Å². The Hall–Kier alpha value is -0.840. The summed E-state index contributed by atoms with van der Waals surface area (Å²) in [5, 5.41) is 7.64. The average molecular weight is 342 g/mol. The fourth-order valence-electron chi connectivity index (χ4n) is 2.71. The van der Waals surface area contributed by atoms with E-state index >= 15 is 0 Å². The SMILES string of the molecule is CC(C)Cn1ncc(NCC2CCCCC2)c(Br)c1=O. The molecule has 0 saturated heterocycles. The van der Waals surface area contributed by atoms with Crippen LogP contribution in [-0.2, 0) is 6.54 Å². The second kappa shape index (κ2) is 7.25. The minimum absolute atomic E-state index is 0.0488. The predicted molar refractivity (Wildman–Crippen MR) is 86.1 cm³/mol. The summed E-state index contributed by atoms with van der Waals surface area (Å²) in [6.07, 6.45) is 8.39. The van der Waals surface area contributed by atoms with Crippen LogP contribution in [0.4, 0.5) is 5.69 Å². The standard InChI is InChI=1S/C15H24BrN3O/c1-11(2)10-19-15(20)14(16)13(9-18-19)17-8-12-6-4-3-5-7-12/h9,11-12,17H,3-8,10H2,1-2H3. The average Bonchev–Trinajstić information content (AvgIpc) is 2.44. The van der Waals surface area contributed by atoms with Crippen LogP contribution in [0.2, 0.25) is 0 Å². The van der Waals surface area contributed by atoms with Gasteiger partial charge in [-0.15, -0.1) is 0 Å². The predicted octanol–water partition coefficient (Wildman–Crippen LogP) is 3.65. The Kier molecular flexibility index (Phi) is 5.64. The molecule has 1 aromatic rings. The van der Waals surface area contributed by atoms with Crippen LogP contribution in [-0.4, -0.2) is 16.3 Å². The van der Waals surface area contributed by atoms with Crippen molar-refractivity contribution >= 4 is 21.6 Å². The molecule has 1 aromatic heterocycles. The van der Waals surface area contributed by atoms with Gasteiger partial charge in [0.25, 0.3) is 5.56 Å². The monoisotopic (exact) mass is 341 g/mol. The van der Waals surface area contributed by atoms with Crippen LogP contribution in [0.3, 0.4) is 0 Å². The van der Waals surface area contributed by atoms with Gasteiger partial charge in [-0.3, -0.25) is 4.79 Å². The molecule has 1 N–H and O–H groups in total. The molecule has 0 atom stereocenters. The third-order valence-electron chi connectivity index (χ3n) is 3.83. The van der Waals surface area contributed by atoms with Crippen LogP contribution < -0.4 is 10.9 Å². The number of nitrogens with zero attached hydrogens (tertiary/aromatic N) is 2. The maximum atomic E-state index is 12.2. The number of hydrogen-bond donors (Lipinski definition) is 1. The summed E-state index contributed by atoms with van der Waals surface area (Å²) in [6, 6.07) is 0. The molecule has 1 fully saturated rings. The van der Waals surface area contributed by atoms with Gasteiger partial charge in [-0.2, -0.15) is 5.10 Å².